The van der Waals surface area contributed by atoms with Crippen molar-refractivity contribution in [1.29, 1.82) is 0 Å². The number of benzene rings is 1. The van der Waals surface area contributed by atoms with Gasteiger partial charge in [0.1, 0.15) is 11.5 Å². The van der Waals surface area contributed by atoms with E-state index in [2.05, 4.69) is 60.7 Å². The summed E-state index contributed by atoms with van der Waals surface area (Å²) in [6.07, 6.45) is 4.64. The van der Waals surface area contributed by atoms with E-state index < -0.39 is 0 Å². The molecule has 6 heteroatoms. The fraction of sp³-hybridized carbons (Fsp3) is 0.346. The summed E-state index contributed by atoms with van der Waals surface area (Å²) in [6.45, 7) is 7.18. The van der Waals surface area contributed by atoms with Crippen molar-refractivity contribution < 1.29 is 5.11 Å². The number of aromatic nitrogens is 2. The van der Waals surface area contributed by atoms with Gasteiger partial charge in [0.2, 0.25) is 0 Å². The van der Waals surface area contributed by atoms with Gasteiger partial charge in [-0.15, -0.1) is 0 Å². The molecule has 0 spiro atoms. The number of aliphatic hydroxyl groups is 1. The van der Waals surface area contributed by atoms with E-state index in [1.807, 2.05) is 36.7 Å². The zero-order valence-electron chi connectivity index (χ0n) is 18.9. The van der Waals surface area contributed by atoms with Crippen molar-refractivity contribution in [2.45, 2.75) is 45.7 Å². The Bertz CT molecular complexity index is 1060. The molecular weight excluding hydrogens is 398 g/mol. The second kappa shape index (κ2) is 9.92. The normalized spacial score (nSPS) is 15.6. The van der Waals surface area contributed by atoms with Crippen LogP contribution in [0, 0.1) is 5.92 Å². The quantitative estimate of drug-likeness (QED) is 0.425. The molecular formula is C26H31N5O. The van der Waals surface area contributed by atoms with Crippen molar-refractivity contribution in [2.24, 2.45) is 10.9 Å². The molecule has 3 aromatic rings. The predicted molar refractivity (Wildman–Crippen MR) is 132 cm³/mol. The standard InChI is InChI=1S/C26H31N5O/c1-4-20(16-32)30-24-13-23(26-25(31-24)21(15-29-26)17(2)3)28-14-18-8-10-19(11-9-18)22-7-5-6-12-27-22/h5-13,15,17,20-21,32H,4,14,16H2,1-3H3,(H2,28,30,31)/t20-,21?/m0/s1. The molecule has 3 heterocycles. The van der Waals surface area contributed by atoms with Gasteiger partial charge in [0.25, 0.3) is 0 Å². The van der Waals surface area contributed by atoms with Gasteiger partial charge < -0.3 is 15.7 Å². The molecule has 1 aromatic carbocycles. The topological polar surface area (TPSA) is 82.4 Å². The fourth-order valence-corrected chi connectivity index (χ4v) is 3.86. The summed E-state index contributed by atoms with van der Waals surface area (Å²) in [4.78, 5) is 14.0. The van der Waals surface area contributed by atoms with Gasteiger partial charge in [-0.05, 0) is 30.0 Å². The highest BCUT2D eigenvalue weighted by atomic mass is 16.3. The molecule has 0 aliphatic carbocycles. The van der Waals surface area contributed by atoms with Crippen molar-refractivity contribution in [3.63, 3.8) is 0 Å². The van der Waals surface area contributed by atoms with E-state index in [0.29, 0.717) is 12.5 Å². The Balaban J connectivity index is 1.55. The lowest BCUT2D eigenvalue weighted by atomic mass is 9.94. The molecule has 32 heavy (non-hydrogen) atoms. The number of hydrogen-bond donors (Lipinski definition) is 3. The monoisotopic (exact) mass is 429 g/mol. The number of nitrogens with one attached hydrogen (secondary N) is 2. The van der Waals surface area contributed by atoms with Crippen LogP contribution in [0.5, 0.6) is 0 Å². The summed E-state index contributed by atoms with van der Waals surface area (Å²) < 4.78 is 0. The number of fused-ring (bicyclic) bond motifs is 1. The largest absolute Gasteiger partial charge is 0.394 e. The maximum atomic E-state index is 9.61. The fourth-order valence-electron chi connectivity index (χ4n) is 3.86. The molecule has 0 radical (unpaired) electrons. The van der Waals surface area contributed by atoms with Crippen molar-refractivity contribution >= 4 is 23.4 Å². The van der Waals surface area contributed by atoms with Crippen molar-refractivity contribution in [3.05, 3.63) is 66.0 Å². The van der Waals surface area contributed by atoms with E-state index >= 15 is 0 Å². The Morgan fingerprint density at radius 3 is 2.56 bits per heavy atom. The number of pyridine rings is 2. The molecule has 3 N–H and O–H groups in total. The zero-order chi connectivity index (χ0) is 22.5. The summed E-state index contributed by atoms with van der Waals surface area (Å²) in [7, 11) is 0. The van der Waals surface area contributed by atoms with Crippen molar-refractivity contribution in [3.8, 4) is 11.3 Å². The van der Waals surface area contributed by atoms with E-state index in [1.54, 1.807) is 0 Å². The predicted octanol–water partition coefficient (Wildman–Crippen LogP) is 5.39. The third-order valence-electron chi connectivity index (χ3n) is 5.88. The van der Waals surface area contributed by atoms with Crippen LogP contribution in [0.1, 0.15) is 44.4 Å². The minimum Gasteiger partial charge on any atom is -0.394 e. The summed E-state index contributed by atoms with van der Waals surface area (Å²) in [5, 5.41) is 16.5. The van der Waals surface area contributed by atoms with Crippen LogP contribution in [0.3, 0.4) is 0 Å². The zero-order valence-corrected chi connectivity index (χ0v) is 18.9. The first-order valence-electron chi connectivity index (χ1n) is 11.3. The van der Waals surface area contributed by atoms with Crippen LogP contribution < -0.4 is 10.6 Å². The van der Waals surface area contributed by atoms with Crippen LogP contribution in [0.15, 0.2) is 59.7 Å². The number of anilines is 2. The molecule has 166 valence electrons. The van der Waals surface area contributed by atoms with Crippen LogP contribution >= 0.6 is 0 Å². The van der Waals surface area contributed by atoms with Crippen LogP contribution in [-0.4, -0.2) is 33.9 Å². The maximum Gasteiger partial charge on any atom is 0.128 e. The average molecular weight is 430 g/mol. The third kappa shape index (κ3) is 4.81. The average Bonchev–Trinajstić information content (AvgIpc) is 3.26. The first-order chi connectivity index (χ1) is 15.6. The number of hydrogen-bond acceptors (Lipinski definition) is 6. The molecule has 1 unspecified atom stereocenters. The minimum absolute atomic E-state index is 0.0210. The number of nitrogens with zero attached hydrogens (tertiary/aromatic N) is 3. The maximum absolute atomic E-state index is 9.61. The smallest absolute Gasteiger partial charge is 0.128 e. The third-order valence-corrected chi connectivity index (χ3v) is 5.88. The first-order valence-corrected chi connectivity index (χ1v) is 11.3. The molecule has 0 saturated heterocycles. The molecule has 1 aliphatic rings. The van der Waals surface area contributed by atoms with Gasteiger partial charge >= 0.3 is 0 Å². The number of rotatable bonds is 9. The molecule has 2 aromatic heterocycles. The van der Waals surface area contributed by atoms with E-state index in [-0.39, 0.29) is 18.6 Å². The van der Waals surface area contributed by atoms with Gasteiger partial charge in [-0.2, -0.15) is 0 Å². The van der Waals surface area contributed by atoms with Crippen molar-refractivity contribution in [2.75, 3.05) is 17.2 Å². The van der Waals surface area contributed by atoms with Crippen LogP contribution in [0.2, 0.25) is 0 Å². The highest BCUT2D eigenvalue weighted by Crippen LogP contribution is 2.41. The van der Waals surface area contributed by atoms with Gasteiger partial charge in [0.15, 0.2) is 0 Å². The Hall–Kier alpha value is -3.25. The molecule has 4 rings (SSSR count). The van der Waals surface area contributed by atoms with E-state index in [9.17, 15) is 5.11 Å². The van der Waals surface area contributed by atoms with Crippen molar-refractivity contribution in [1.82, 2.24) is 9.97 Å². The lowest BCUT2D eigenvalue weighted by molar-refractivity contribution is 0.271. The lowest BCUT2D eigenvalue weighted by Gasteiger charge is -2.20. The molecule has 6 nitrogen and oxygen atoms in total. The minimum atomic E-state index is -0.0210. The van der Waals surface area contributed by atoms with Crippen LogP contribution in [0.25, 0.3) is 11.3 Å². The van der Waals surface area contributed by atoms with Gasteiger partial charge in [-0.3, -0.25) is 9.98 Å². The highest BCUT2D eigenvalue weighted by molar-refractivity contribution is 5.87. The van der Waals surface area contributed by atoms with Crippen LogP contribution in [-0.2, 0) is 6.54 Å². The highest BCUT2D eigenvalue weighted by Gasteiger charge is 2.27. The SMILES string of the molecule is CC[C@@H](CO)Nc1cc(NCc2ccc(-c3ccccn3)cc2)c2c(n1)C(C(C)C)C=N2. The first kappa shape index (κ1) is 22.0. The van der Waals surface area contributed by atoms with Gasteiger partial charge in [0, 0.05) is 36.5 Å². The number of aliphatic hydroxyl groups excluding tert-OH is 1. The Labute approximate surface area is 189 Å². The molecule has 2 atom stereocenters. The summed E-state index contributed by atoms with van der Waals surface area (Å²) >= 11 is 0. The number of aliphatic imine (C=N–C) groups is 1. The molecule has 0 bridgehead atoms. The lowest BCUT2D eigenvalue weighted by Crippen LogP contribution is -2.23. The molecule has 0 amide bonds. The summed E-state index contributed by atoms with van der Waals surface area (Å²) in [5.74, 6) is 1.38. The second-order valence-electron chi connectivity index (χ2n) is 8.53. The van der Waals surface area contributed by atoms with Gasteiger partial charge in [0.05, 0.1) is 29.7 Å². The molecule has 0 fully saturated rings. The van der Waals surface area contributed by atoms with Crippen LogP contribution in [0.4, 0.5) is 17.2 Å². The van der Waals surface area contributed by atoms with Gasteiger partial charge in [-0.1, -0.05) is 51.1 Å². The van der Waals surface area contributed by atoms with E-state index in [1.165, 1.54) is 5.56 Å². The Morgan fingerprint density at radius 1 is 1.09 bits per heavy atom. The van der Waals surface area contributed by atoms with Gasteiger partial charge in [-0.25, -0.2) is 4.98 Å². The Morgan fingerprint density at radius 2 is 1.91 bits per heavy atom. The summed E-state index contributed by atoms with van der Waals surface area (Å²) in [6, 6.07) is 16.4. The molecule has 0 saturated carbocycles. The van der Waals surface area contributed by atoms with E-state index in [0.717, 1.165) is 40.6 Å². The Kier molecular flexibility index (Phi) is 6.81. The van der Waals surface area contributed by atoms with E-state index in [4.69, 9.17) is 9.98 Å². The second-order valence-corrected chi connectivity index (χ2v) is 8.53. The molecule has 1 aliphatic heterocycles. The summed E-state index contributed by atoms with van der Waals surface area (Å²) in [5.41, 5.74) is 6.11.